The molecular weight excluding hydrogens is 258 g/mol. The lowest BCUT2D eigenvalue weighted by Crippen LogP contribution is -2.20. The van der Waals surface area contributed by atoms with Gasteiger partial charge in [0.15, 0.2) is 0 Å². The summed E-state index contributed by atoms with van der Waals surface area (Å²) >= 11 is 0. The zero-order valence-corrected chi connectivity index (χ0v) is 12.9. The summed E-state index contributed by atoms with van der Waals surface area (Å²) in [5, 5.41) is 3.56. The predicted molar refractivity (Wildman–Crippen MR) is 85.5 cm³/mol. The molecule has 0 saturated heterocycles. The van der Waals surface area contributed by atoms with Crippen molar-refractivity contribution in [1.29, 1.82) is 0 Å². The van der Waals surface area contributed by atoms with E-state index in [0.29, 0.717) is 0 Å². The maximum atomic E-state index is 4.70. The lowest BCUT2D eigenvalue weighted by atomic mass is 10.1. The first-order valence-electron chi connectivity index (χ1n) is 7.82. The molecule has 1 fully saturated rings. The Bertz CT molecular complexity index is 580. The first kappa shape index (κ1) is 14.2. The molecule has 3 nitrogen and oxygen atoms in total. The second-order valence-corrected chi connectivity index (χ2v) is 5.93. The number of aromatic nitrogens is 2. The summed E-state index contributed by atoms with van der Waals surface area (Å²) in [5.41, 5.74) is 4.83. The summed E-state index contributed by atoms with van der Waals surface area (Å²) in [6.07, 6.45) is 4.51. The van der Waals surface area contributed by atoms with Crippen LogP contribution < -0.4 is 5.32 Å². The van der Waals surface area contributed by atoms with Gasteiger partial charge in [-0.1, -0.05) is 30.3 Å². The van der Waals surface area contributed by atoms with Crippen molar-refractivity contribution in [3.63, 3.8) is 0 Å². The second kappa shape index (κ2) is 6.35. The Balaban J connectivity index is 1.69. The van der Waals surface area contributed by atoms with E-state index in [1.807, 2.05) is 6.07 Å². The molecule has 0 radical (unpaired) electrons. The third kappa shape index (κ3) is 3.88. The van der Waals surface area contributed by atoms with Crippen LogP contribution >= 0.6 is 0 Å². The highest BCUT2D eigenvalue weighted by molar-refractivity contribution is 5.27. The largest absolute Gasteiger partial charge is 0.314 e. The number of hydrogen-bond donors (Lipinski definition) is 1. The van der Waals surface area contributed by atoms with E-state index >= 15 is 0 Å². The van der Waals surface area contributed by atoms with Gasteiger partial charge in [0, 0.05) is 23.9 Å². The molecule has 0 amide bonds. The molecule has 1 heterocycles. The maximum Gasteiger partial charge on any atom is 0.133 e. The monoisotopic (exact) mass is 281 g/mol. The highest BCUT2D eigenvalue weighted by atomic mass is 14.9. The van der Waals surface area contributed by atoms with E-state index in [1.54, 1.807) is 0 Å². The van der Waals surface area contributed by atoms with E-state index < -0.39 is 0 Å². The van der Waals surface area contributed by atoms with E-state index in [9.17, 15) is 0 Å². The van der Waals surface area contributed by atoms with Crippen molar-refractivity contribution in [1.82, 2.24) is 15.3 Å². The third-order valence-electron chi connectivity index (χ3n) is 4.06. The first-order chi connectivity index (χ1) is 10.2. The Labute approximate surface area is 126 Å². The molecule has 3 heteroatoms. The Hall–Kier alpha value is -1.74. The van der Waals surface area contributed by atoms with E-state index in [0.717, 1.165) is 42.6 Å². The summed E-state index contributed by atoms with van der Waals surface area (Å²) in [4.78, 5) is 9.41. The average molecular weight is 281 g/mol. The van der Waals surface area contributed by atoms with Crippen LogP contribution in [-0.4, -0.2) is 22.6 Å². The Morgan fingerprint density at radius 1 is 1.05 bits per heavy atom. The molecule has 1 aliphatic rings. The van der Waals surface area contributed by atoms with Gasteiger partial charge >= 0.3 is 0 Å². The van der Waals surface area contributed by atoms with Gasteiger partial charge in [-0.25, -0.2) is 9.97 Å². The van der Waals surface area contributed by atoms with Crippen molar-refractivity contribution in [2.45, 2.75) is 45.6 Å². The van der Waals surface area contributed by atoms with Crippen molar-refractivity contribution in [3.8, 4) is 0 Å². The van der Waals surface area contributed by atoms with Crippen LogP contribution in [0.25, 0.3) is 0 Å². The van der Waals surface area contributed by atoms with E-state index in [1.165, 1.54) is 24.0 Å². The fourth-order valence-corrected chi connectivity index (χ4v) is 2.72. The molecule has 0 bridgehead atoms. The van der Waals surface area contributed by atoms with Gasteiger partial charge in [0.2, 0.25) is 0 Å². The quantitative estimate of drug-likeness (QED) is 0.884. The summed E-state index contributed by atoms with van der Waals surface area (Å²) in [7, 11) is 0. The molecule has 2 aromatic rings. The van der Waals surface area contributed by atoms with Crippen LogP contribution in [0.3, 0.4) is 0 Å². The van der Waals surface area contributed by atoms with E-state index in [2.05, 4.69) is 43.4 Å². The van der Waals surface area contributed by atoms with Gasteiger partial charge in [0.25, 0.3) is 0 Å². The molecule has 0 unspecified atom stereocenters. The van der Waals surface area contributed by atoms with Gasteiger partial charge in [-0.2, -0.15) is 0 Å². The van der Waals surface area contributed by atoms with Crippen LogP contribution in [0.15, 0.2) is 30.3 Å². The van der Waals surface area contributed by atoms with Crippen LogP contribution in [0.4, 0.5) is 0 Å². The van der Waals surface area contributed by atoms with Crippen LogP contribution in [0.1, 0.15) is 41.2 Å². The highest BCUT2D eigenvalue weighted by Gasteiger charge is 2.20. The maximum absolute atomic E-state index is 4.70. The fourth-order valence-electron chi connectivity index (χ4n) is 2.72. The second-order valence-electron chi connectivity index (χ2n) is 5.93. The Morgan fingerprint density at radius 2 is 1.71 bits per heavy atom. The molecule has 1 saturated carbocycles. The smallest absolute Gasteiger partial charge is 0.133 e. The Kier molecular flexibility index (Phi) is 4.30. The molecule has 21 heavy (non-hydrogen) atoms. The molecule has 0 aliphatic heterocycles. The van der Waals surface area contributed by atoms with Crippen LogP contribution in [-0.2, 0) is 12.8 Å². The van der Waals surface area contributed by atoms with Gasteiger partial charge in [-0.15, -0.1) is 0 Å². The van der Waals surface area contributed by atoms with Crippen LogP contribution in [0, 0.1) is 13.8 Å². The standard InChI is InChI=1S/C18H23N3/c1-13-17(10-11-19-16-8-9-16)14(2)21-18(20-13)12-15-6-4-3-5-7-15/h3-7,16,19H,8-12H2,1-2H3. The number of nitrogens with one attached hydrogen (secondary N) is 1. The first-order valence-corrected chi connectivity index (χ1v) is 7.82. The molecule has 1 aromatic heterocycles. The summed E-state index contributed by atoms with van der Waals surface area (Å²) in [6, 6.07) is 11.2. The van der Waals surface area contributed by atoms with Gasteiger partial charge in [0.1, 0.15) is 5.82 Å². The fraction of sp³-hybridized carbons (Fsp3) is 0.444. The van der Waals surface area contributed by atoms with Crippen molar-refractivity contribution < 1.29 is 0 Å². The minimum absolute atomic E-state index is 0.767. The molecule has 110 valence electrons. The van der Waals surface area contributed by atoms with Gasteiger partial charge < -0.3 is 5.32 Å². The molecule has 1 aromatic carbocycles. The van der Waals surface area contributed by atoms with E-state index in [-0.39, 0.29) is 0 Å². The molecule has 0 atom stereocenters. The number of benzene rings is 1. The summed E-state index contributed by atoms with van der Waals surface area (Å²) < 4.78 is 0. The van der Waals surface area contributed by atoms with Crippen molar-refractivity contribution in [2.75, 3.05) is 6.54 Å². The van der Waals surface area contributed by atoms with Crippen LogP contribution in [0.5, 0.6) is 0 Å². The average Bonchev–Trinajstić information content (AvgIpc) is 3.27. The van der Waals surface area contributed by atoms with Gasteiger partial charge in [0.05, 0.1) is 0 Å². The highest BCUT2D eigenvalue weighted by Crippen LogP contribution is 2.19. The number of hydrogen-bond acceptors (Lipinski definition) is 3. The predicted octanol–water partition coefficient (Wildman–Crippen LogP) is 2.98. The third-order valence-corrected chi connectivity index (χ3v) is 4.06. The number of nitrogens with zero attached hydrogens (tertiary/aromatic N) is 2. The minimum atomic E-state index is 0.767. The zero-order valence-electron chi connectivity index (χ0n) is 12.9. The summed E-state index contributed by atoms with van der Waals surface area (Å²) in [6.45, 7) is 5.25. The number of aryl methyl sites for hydroxylation is 2. The normalized spacial score (nSPS) is 14.4. The van der Waals surface area contributed by atoms with E-state index in [4.69, 9.17) is 9.97 Å². The number of rotatable bonds is 6. The van der Waals surface area contributed by atoms with Gasteiger partial charge in [-0.05, 0) is 50.8 Å². The van der Waals surface area contributed by atoms with Crippen LogP contribution in [0.2, 0.25) is 0 Å². The molecule has 1 N–H and O–H groups in total. The lowest BCUT2D eigenvalue weighted by molar-refractivity contribution is 0.674. The summed E-state index contributed by atoms with van der Waals surface area (Å²) in [5.74, 6) is 0.926. The van der Waals surface area contributed by atoms with Crippen molar-refractivity contribution >= 4 is 0 Å². The molecule has 1 aliphatic carbocycles. The van der Waals surface area contributed by atoms with Crippen molar-refractivity contribution in [2.24, 2.45) is 0 Å². The minimum Gasteiger partial charge on any atom is -0.314 e. The molecular formula is C18H23N3. The zero-order chi connectivity index (χ0) is 14.7. The van der Waals surface area contributed by atoms with Gasteiger partial charge in [-0.3, -0.25) is 0 Å². The van der Waals surface area contributed by atoms with Crippen molar-refractivity contribution in [3.05, 3.63) is 58.7 Å². The lowest BCUT2D eigenvalue weighted by Gasteiger charge is -2.11. The molecule has 0 spiro atoms. The SMILES string of the molecule is Cc1nc(Cc2ccccc2)nc(C)c1CCNC1CC1. The molecule has 3 rings (SSSR count). The topological polar surface area (TPSA) is 37.8 Å². The Morgan fingerprint density at radius 3 is 2.33 bits per heavy atom.